The second kappa shape index (κ2) is 7.19. The van der Waals surface area contributed by atoms with Gasteiger partial charge in [-0.2, -0.15) is 9.40 Å². The van der Waals surface area contributed by atoms with Gasteiger partial charge in [0.2, 0.25) is 10.0 Å². The maximum absolute atomic E-state index is 12.8. The molecule has 0 aromatic carbocycles. The maximum atomic E-state index is 12.8. The number of aromatic nitrogens is 2. The van der Waals surface area contributed by atoms with Gasteiger partial charge in [-0.05, 0) is 19.4 Å². The van der Waals surface area contributed by atoms with Crippen molar-refractivity contribution in [3.8, 4) is 0 Å². The predicted octanol–water partition coefficient (Wildman–Crippen LogP) is 1.49. The molecule has 1 rings (SSSR count). The highest BCUT2D eigenvalue weighted by molar-refractivity contribution is 7.89. The molecule has 1 aromatic rings. The molecule has 0 amide bonds. The summed E-state index contributed by atoms with van der Waals surface area (Å²) in [5.74, 6) is 0.286. The van der Waals surface area contributed by atoms with Crippen molar-refractivity contribution in [1.82, 2.24) is 19.8 Å². The second-order valence-electron chi connectivity index (χ2n) is 5.25. The fraction of sp³-hybridized carbons (Fsp3) is 0.769. The van der Waals surface area contributed by atoms with Crippen LogP contribution in [0.5, 0.6) is 0 Å². The monoisotopic (exact) mass is 302 g/mol. The summed E-state index contributed by atoms with van der Waals surface area (Å²) in [5, 5.41) is 10.0. The first-order valence-corrected chi connectivity index (χ1v) is 8.53. The molecule has 0 bridgehead atoms. The summed E-state index contributed by atoms with van der Waals surface area (Å²) in [7, 11) is -3.50. The smallest absolute Gasteiger partial charge is 0.246 e. The zero-order chi connectivity index (χ0) is 15.3. The van der Waals surface area contributed by atoms with Gasteiger partial charge in [0.05, 0.1) is 11.4 Å². The Morgan fingerprint density at radius 1 is 1.35 bits per heavy atom. The zero-order valence-electron chi connectivity index (χ0n) is 13.0. The van der Waals surface area contributed by atoms with Gasteiger partial charge in [0.1, 0.15) is 4.90 Å². The van der Waals surface area contributed by atoms with E-state index in [0.717, 1.165) is 6.54 Å². The van der Waals surface area contributed by atoms with E-state index in [1.54, 1.807) is 6.92 Å². The van der Waals surface area contributed by atoms with Gasteiger partial charge in [0, 0.05) is 19.6 Å². The molecule has 2 N–H and O–H groups in total. The van der Waals surface area contributed by atoms with E-state index < -0.39 is 10.0 Å². The molecule has 0 spiro atoms. The lowest BCUT2D eigenvalue weighted by atomic mass is 10.2. The lowest BCUT2D eigenvalue weighted by Crippen LogP contribution is -2.35. The molecule has 0 unspecified atom stereocenters. The van der Waals surface area contributed by atoms with Gasteiger partial charge in [0.15, 0.2) is 0 Å². The minimum absolute atomic E-state index is 0.286. The molecule has 0 aliphatic heterocycles. The molecule has 0 fully saturated rings. The Bertz CT molecular complexity index is 522. The van der Waals surface area contributed by atoms with Crippen LogP contribution in [-0.4, -0.2) is 42.6 Å². The van der Waals surface area contributed by atoms with Crippen LogP contribution < -0.4 is 5.32 Å². The Kier molecular flexibility index (Phi) is 6.16. The molecule has 0 saturated carbocycles. The molecule has 7 heteroatoms. The van der Waals surface area contributed by atoms with Gasteiger partial charge in [-0.25, -0.2) is 8.42 Å². The highest BCUT2D eigenvalue weighted by Crippen LogP contribution is 2.22. The van der Waals surface area contributed by atoms with Crippen LogP contribution in [0.3, 0.4) is 0 Å². The van der Waals surface area contributed by atoms with Gasteiger partial charge in [-0.3, -0.25) is 5.10 Å². The van der Waals surface area contributed by atoms with Gasteiger partial charge < -0.3 is 5.32 Å². The van der Waals surface area contributed by atoms with E-state index in [0.29, 0.717) is 35.9 Å². The van der Waals surface area contributed by atoms with Crippen LogP contribution in [0.25, 0.3) is 0 Å². The number of hydrogen-bond acceptors (Lipinski definition) is 4. The number of sulfonamides is 1. The topological polar surface area (TPSA) is 78.1 Å². The first kappa shape index (κ1) is 17.1. The minimum atomic E-state index is -3.50. The van der Waals surface area contributed by atoms with Crippen LogP contribution in [0, 0.1) is 12.8 Å². The number of hydrogen-bond donors (Lipinski definition) is 2. The van der Waals surface area contributed by atoms with E-state index in [9.17, 15) is 8.42 Å². The van der Waals surface area contributed by atoms with Crippen LogP contribution in [0.2, 0.25) is 0 Å². The van der Waals surface area contributed by atoms with Crippen molar-refractivity contribution < 1.29 is 8.42 Å². The molecular formula is C13H26N4O2S. The van der Waals surface area contributed by atoms with Crippen molar-refractivity contribution in [3.63, 3.8) is 0 Å². The fourth-order valence-corrected chi connectivity index (χ4v) is 4.05. The molecule has 1 aromatic heterocycles. The molecule has 116 valence electrons. The van der Waals surface area contributed by atoms with Crippen LogP contribution in [0.1, 0.15) is 39.1 Å². The maximum Gasteiger partial charge on any atom is 0.246 e. The summed E-state index contributed by atoms with van der Waals surface area (Å²) >= 11 is 0. The van der Waals surface area contributed by atoms with E-state index in [1.807, 2.05) is 27.7 Å². The summed E-state index contributed by atoms with van der Waals surface area (Å²) in [6.07, 6.45) is 0. The highest BCUT2D eigenvalue weighted by Gasteiger charge is 2.30. The molecule has 0 saturated heterocycles. The van der Waals surface area contributed by atoms with Crippen LogP contribution in [-0.2, 0) is 16.6 Å². The molecule has 1 heterocycles. The van der Waals surface area contributed by atoms with Crippen LogP contribution in [0.4, 0.5) is 0 Å². The third-order valence-electron chi connectivity index (χ3n) is 3.02. The summed E-state index contributed by atoms with van der Waals surface area (Å²) in [6.45, 7) is 11.8. The van der Waals surface area contributed by atoms with Crippen molar-refractivity contribution in [3.05, 3.63) is 11.4 Å². The lowest BCUT2D eigenvalue weighted by Gasteiger charge is -2.22. The molecule has 0 aliphatic rings. The van der Waals surface area contributed by atoms with E-state index >= 15 is 0 Å². The Labute approximate surface area is 122 Å². The molecule has 20 heavy (non-hydrogen) atoms. The predicted molar refractivity (Wildman–Crippen MR) is 80.0 cm³/mol. The van der Waals surface area contributed by atoms with Crippen molar-refractivity contribution >= 4 is 10.0 Å². The van der Waals surface area contributed by atoms with Crippen molar-refractivity contribution in [2.45, 2.75) is 46.1 Å². The first-order valence-electron chi connectivity index (χ1n) is 7.09. The Hall–Kier alpha value is -0.920. The number of H-pyrrole nitrogens is 1. The third-order valence-corrected chi connectivity index (χ3v) is 5.17. The normalized spacial score (nSPS) is 12.6. The van der Waals surface area contributed by atoms with Crippen LogP contribution in [0.15, 0.2) is 4.90 Å². The molecule has 0 radical (unpaired) electrons. The highest BCUT2D eigenvalue weighted by atomic mass is 32.2. The third kappa shape index (κ3) is 3.80. The summed E-state index contributed by atoms with van der Waals surface area (Å²) < 4.78 is 27.1. The molecule has 6 nitrogen and oxygen atoms in total. The molecule has 0 aliphatic carbocycles. The Morgan fingerprint density at radius 3 is 2.50 bits per heavy atom. The number of nitrogens with one attached hydrogen (secondary N) is 2. The van der Waals surface area contributed by atoms with Gasteiger partial charge in [0.25, 0.3) is 0 Å². The van der Waals surface area contributed by atoms with Gasteiger partial charge >= 0.3 is 0 Å². The van der Waals surface area contributed by atoms with Gasteiger partial charge in [-0.15, -0.1) is 0 Å². The first-order chi connectivity index (χ1) is 9.34. The van der Waals surface area contributed by atoms with Crippen molar-refractivity contribution in [2.24, 2.45) is 5.92 Å². The Balaban J connectivity index is 3.16. The second-order valence-corrected chi connectivity index (χ2v) is 7.13. The average Bonchev–Trinajstić information content (AvgIpc) is 2.74. The largest absolute Gasteiger partial charge is 0.311 e. The number of nitrogens with zero attached hydrogens (tertiary/aromatic N) is 2. The number of aryl methyl sites for hydroxylation is 1. The number of aromatic amines is 1. The number of rotatable bonds is 8. The average molecular weight is 302 g/mol. The minimum Gasteiger partial charge on any atom is -0.311 e. The fourth-order valence-electron chi connectivity index (χ4n) is 2.11. The zero-order valence-corrected chi connectivity index (χ0v) is 13.8. The Morgan fingerprint density at radius 2 is 2.00 bits per heavy atom. The standard InChI is InChI=1S/C13H26N4O2S/c1-6-14-8-12-13(11(5)15-16-12)20(18,19)17(7-2)9-10(3)4/h10,14H,6-9H2,1-5H3,(H,15,16). The summed E-state index contributed by atoms with van der Waals surface area (Å²) in [6, 6.07) is 0. The van der Waals surface area contributed by atoms with Gasteiger partial charge in [-0.1, -0.05) is 27.7 Å². The van der Waals surface area contributed by atoms with E-state index in [-0.39, 0.29) is 5.92 Å². The lowest BCUT2D eigenvalue weighted by molar-refractivity contribution is 0.380. The van der Waals surface area contributed by atoms with Crippen molar-refractivity contribution in [2.75, 3.05) is 19.6 Å². The summed E-state index contributed by atoms with van der Waals surface area (Å²) in [4.78, 5) is 0.320. The van der Waals surface area contributed by atoms with E-state index in [2.05, 4.69) is 15.5 Å². The van der Waals surface area contributed by atoms with Crippen molar-refractivity contribution in [1.29, 1.82) is 0 Å². The molecule has 0 atom stereocenters. The van der Waals surface area contributed by atoms with E-state index in [1.165, 1.54) is 4.31 Å². The SMILES string of the molecule is CCNCc1n[nH]c(C)c1S(=O)(=O)N(CC)CC(C)C. The van der Waals surface area contributed by atoms with Crippen LogP contribution >= 0.6 is 0 Å². The quantitative estimate of drug-likeness (QED) is 0.763. The molecular weight excluding hydrogens is 276 g/mol. The summed E-state index contributed by atoms with van der Waals surface area (Å²) in [5.41, 5.74) is 1.16. The van der Waals surface area contributed by atoms with E-state index in [4.69, 9.17) is 0 Å².